The predicted octanol–water partition coefficient (Wildman–Crippen LogP) is 2.00. The molecule has 0 radical (unpaired) electrons. The van der Waals surface area contributed by atoms with E-state index in [1.165, 1.54) is 31.4 Å². The van der Waals surface area contributed by atoms with Crippen LogP contribution in [0.5, 0.6) is 5.75 Å². The third-order valence-corrected chi connectivity index (χ3v) is 4.89. The van der Waals surface area contributed by atoms with Gasteiger partial charge in [-0.2, -0.15) is 0 Å². The Morgan fingerprint density at radius 3 is 2.42 bits per heavy atom. The molecule has 2 aromatic carbocycles. The summed E-state index contributed by atoms with van der Waals surface area (Å²) in [5.41, 5.74) is 1.18. The number of nitrogens with one attached hydrogen (secondary N) is 1. The molecule has 0 unspecified atom stereocenters. The summed E-state index contributed by atoms with van der Waals surface area (Å²) >= 11 is 0. The van der Waals surface area contributed by atoms with E-state index in [0.29, 0.717) is 6.42 Å². The monoisotopic (exact) mass is 349 g/mol. The maximum atomic E-state index is 12.3. The van der Waals surface area contributed by atoms with Gasteiger partial charge in [0.1, 0.15) is 5.75 Å². The van der Waals surface area contributed by atoms with Crippen molar-refractivity contribution in [3.8, 4) is 5.75 Å². The second-order valence-corrected chi connectivity index (χ2v) is 6.78. The van der Waals surface area contributed by atoms with Crippen LogP contribution < -0.4 is 9.46 Å². The van der Waals surface area contributed by atoms with Gasteiger partial charge in [0, 0.05) is 6.54 Å². The highest BCUT2D eigenvalue weighted by Gasteiger charge is 2.16. The van der Waals surface area contributed by atoms with E-state index in [4.69, 9.17) is 4.74 Å². The second-order valence-electron chi connectivity index (χ2n) is 5.02. The quantitative estimate of drug-likeness (QED) is 0.773. The van der Waals surface area contributed by atoms with Gasteiger partial charge in [-0.1, -0.05) is 18.2 Å². The first kappa shape index (κ1) is 18.0. The van der Waals surface area contributed by atoms with Gasteiger partial charge >= 0.3 is 5.97 Å². The maximum absolute atomic E-state index is 12.3. The SMILES string of the molecule is COC(=O)c1cccc(S(=O)(=O)NCCc2ccc(OC)cc2)c1. The van der Waals surface area contributed by atoms with Crippen LogP contribution in [0, 0.1) is 0 Å². The lowest BCUT2D eigenvalue weighted by Crippen LogP contribution is -2.26. The Kier molecular flexibility index (Phi) is 5.94. The molecule has 24 heavy (non-hydrogen) atoms. The summed E-state index contributed by atoms with van der Waals surface area (Å²) in [7, 11) is -0.854. The van der Waals surface area contributed by atoms with E-state index in [1.54, 1.807) is 7.11 Å². The van der Waals surface area contributed by atoms with Gasteiger partial charge in [-0.05, 0) is 42.3 Å². The zero-order chi connectivity index (χ0) is 17.6. The van der Waals surface area contributed by atoms with Crippen LogP contribution in [0.1, 0.15) is 15.9 Å². The number of hydrogen-bond donors (Lipinski definition) is 1. The minimum atomic E-state index is -3.69. The Labute approximate surface area is 141 Å². The first-order valence-corrected chi connectivity index (χ1v) is 8.75. The molecule has 0 aliphatic heterocycles. The summed E-state index contributed by atoms with van der Waals surface area (Å²) < 4.78 is 36.8. The maximum Gasteiger partial charge on any atom is 0.337 e. The fraction of sp³-hybridized carbons (Fsp3) is 0.235. The van der Waals surface area contributed by atoms with Gasteiger partial charge in [-0.15, -0.1) is 0 Å². The Bertz CT molecular complexity index is 800. The van der Waals surface area contributed by atoms with E-state index in [0.717, 1.165) is 11.3 Å². The van der Waals surface area contributed by atoms with E-state index < -0.39 is 16.0 Å². The van der Waals surface area contributed by atoms with Crippen LogP contribution >= 0.6 is 0 Å². The van der Waals surface area contributed by atoms with Crippen LogP contribution in [0.4, 0.5) is 0 Å². The molecule has 0 fully saturated rings. The molecular formula is C17H19NO5S. The fourth-order valence-corrected chi connectivity index (χ4v) is 3.19. The van der Waals surface area contributed by atoms with E-state index in [-0.39, 0.29) is 17.0 Å². The zero-order valence-electron chi connectivity index (χ0n) is 13.5. The molecular weight excluding hydrogens is 330 g/mol. The molecule has 0 aliphatic rings. The van der Waals surface area contributed by atoms with Crippen LogP contribution in [-0.2, 0) is 21.2 Å². The number of esters is 1. The van der Waals surface area contributed by atoms with Crippen molar-refractivity contribution in [2.45, 2.75) is 11.3 Å². The van der Waals surface area contributed by atoms with Crippen LogP contribution in [0.3, 0.4) is 0 Å². The van der Waals surface area contributed by atoms with Crippen molar-refractivity contribution in [2.24, 2.45) is 0 Å². The second kappa shape index (κ2) is 7.94. The number of carbonyl (C=O) groups excluding carboxylic acids is 1. The summed E-state index contributed by atoms with van der Waals surface area (Å²) in [4.78, 5) is 11.5. The standard InChI is InChI=1S/C17H19NO5S/c1-22-15-8-6-13(7-9-15)10-11-18-24(20,21)16-5-3-4-14(12-16)17(19)23-2/h3-9,12,18H,10-11H2,1-2H3. The molecule has 0 bridgehead atoms. The molecule has 0 saturated carbocycles. The van der Waals surface area contributed by atoms with Gasteiger partial charge in [-0.25, -0.2) is 17.9 Å². The largest absolute Gasteiger partial charge is 0.497 e. The third-order valence-electron chi connectivity index (χ3n) is 3.43. The number of rotatable bonds is 7. The first-order chi connectivity index (χ1) is 11.5. The molecule has 6 nitrogen and oxygen atoms in total. The lowest BCUT2D eigenvalue weighted by atomic mass is 10.1. The van der Waals surface area contributed by atoms with Crippen LogP contribution in [-0.4, -0.2) is 35.2 Å². The topological polar surface area (TPSA) is 81.7 Å². The zero-order valence-corrected chi connectivity index (χ0v) is 14.3. The first-order valence-electron chi connectivity index (χ1n) is 7.27. The summed E-state index contributed by atoms with van der Waals surface area (Å²) in [5, 5.41) is 0. The van der Waals surface area contributed by atoms with Gasteiger partial charge < -0.3 is 9.47 Å². The average molecular weight is 349 g/mol. The van der Waals surface area contributed by atoms with Crippen molar-refractivity contribution >= 4 is 16.0 Å². The van der Waals surface area contributed by atoms with Crippen molar-refractivity contribution in [1.29, 1.82) is 0 Å². The summed E-state index contributed by atoms with van der Waals surface area (Å²) in [6, 6.07) is 13.1. The number of ether oxygens (including phenoxy) is 2. The van der Waals surface area contributed by atoms with E-state index in [1.807, 2.05) is 24.3 Å². The van der Waals surface area contributed by atoms with E-state index in [9.17, 15) is 13.2 Å². The molecule has 2 rings (SSSR count). The van der Waals surface area contributed by atoms with Gasteiger partial charge in [0.15, 0.2) is 0 Å². The Balaban J connectivity index is 2.01. The van der Waals surface area contributed by atoms with Crippen LogP contribution in [0.25, 0.3) is 0 Å². The molecule has 0 heterocycles. The molecule has 0 aliphatic carbocycles. The number of benzene rings is 2. The normalized spacial score (nSPS) is 11.1. The molecule has 0 spiro atoms. The molecule has 0 atom stereocenters. The summed E-state index contributed by atoms with van der Waals surface area (Å²) in [6.45, 7) is 0.247. The van der Waals surface area contributed by atoms with Gasteiger partial charge in [0.25, 0.3) is 0 Å². The van der Waals surface area contributed by atoms with Gasteiger partial charge in [-0.3, -0.25) is 0 Å². The highest BCUT2D eigenvalue weighted by Crippen LogP contribution is 2.14. The minimum Gasteiger partial charge on any atom is -0.497 e. The minimum absolute atomic E-state index is 0.0279. The third kappa shape index (κ3) is 4.56. The highest BCUT2D eigenvalue weighted by atomic mass is 32.2. The Morgan fingerprint density at radius 1 is 1.08 bits per heavy atom. The molecule has 0 amide bonds. The molecule has 0 aromatic heterocycles. The lowest BCUT2D eigenvalue weighted by Gasteiger charge is -2.08. The lowest BCUT2D eigenvalue weighted by molar-refractivity contribution is 0.0600. The molecule has 0 saturated heterocycles. The van der Waals surface area contributed by atoms with Gasteiger partial charge in [0.05, 0.1) is 24.7 Å². The van der Waals surface area contributed by atoms with Crippen molar-refractivity contribution < 1.29 is 22.7 Å². The number of hydrogen-bond acceptors (Lipinski definition) is 5. The van der Waals surface area contributed by atoms with Crippen LogP contribution in [0.15, 0.2) is 53.4 Å². The van der Waals surface area contributed by atoms with Crippen molar-refractivity contribution in [3.05, 3.63) is 59.7 Å². The van der Waals surface area contributed by atoms with Gasteiger partial charge in [0.2, 0.25) is 10.0 Å². The number of carbonyl (C=O) groups is 1. The Morgan fingerprint density at radius 2 is 1.79 bits per heavy atom. The number of methoxy groups -OCH3 is 2. The Hall–Kier alpha value is -2.38. The smallest absolute Gasteiger partial charge is 0.337 e. The van der Waals surface area contributed by atoms with Crippen molar-refractivity contribution in [2.75, 3.05) is 20.8 Å². The molecule has 128 valence electrons. The highest BCUT2D eigenvalue weighted by molar-refractivity contribution is 7.89. The average Bonchev–Trinajstić information content (AvgIpc) is 2.61. The molecule has 2 aromatic rings. The summed E-state index contributed by atoms with van der Waals surface area (Å²) in [6.07, 6.45) is 0.542. The number of sulfonamides is 1. The van der Waals surface area contributed by atoms with Crippen molar-refractivity contribution in [1.82, 2.24) is 4.72 Å². The molecule has 7 heteroatoms. The summed E-state index contributed by atoms with van der Waals surface area (Å²) in [5.74, 6) is 0.171. The molecule has 1 N–H and O–H groups in total. The van der Waals surface area contributed by atoms with Crippen molar-refractivity contribution in [3.63, 3.8) is 0 Å². The van der Waals surface area contributed by atoms with Crippen LogP contribution in [0.2, 0.25) is 0 Å². The van der Waals surface area contributed by atoms with E-state index in [2.05, 4.69) is 9.46 Å². The fourth-order valence-electron chi connectivity index (χ4n) is 2.11. The predicted molar refractivity (Wildman–Crippen MR) is 89.7 cm³/mol. The van der Waals surface area contributed by atoms with E-state index >= 15 is 0 Å².